The zero-order valence-electron chi connectivity index (χ0n) is 12.7. The number of Topliss-reactive ketones (excluding diaryl/α,β-unsaturated/α-hetero) is 1. The third-order valence-corrected chi connectivity index (χ3v) is 4.62. The molecule has 5 heteroatoms. The molecular weight excluding hydrogens is 358 g/mol. The van der Waals surface area contributed by atoms with E-state index in [4.69, 9.17) is 4.74 Å². The van der Waals surface area contributed by atoms with E-state index in [2.05, 4.69) is 33.1 Å². The molecule has 3 rings (SSSR count). The maximum atomic E-state index is 12.1. The number of aromatic nitrogens is 1. The van der Waals surface area contributed by atoms with Crippen molar-refractivity contribution < 1.29 is 9.53 Å². The predicted octanol–water partition coefficient (Wildman–Crippen LogP) is 1.68. The van der Waals surface area contributed by atoms with E-state index in [9.17, 15) is 9.59 Å². The Morgan fingerprint density at radius 2 is 2.13 bits per heavy atom. The Kier molecular flexibility index (Phi) is 4.96. The van der Waals surface area contributed by atoms with E-state index in [0.29, 0.717) is 24.8 Å². The molecule has 0 atom stereocenters. The minimum absolute atomic E-state index is 0.0532. The van der Waals surface area contributed by atoms with Gasteiger partial charge in [-0.2, -0.15) is 0 Å². The first-order chi connectivity index (χ1) is 11.2. The summed E-state index contributed by atoms with van der Waals surface area (Å²) in [6, 6.07) is 3.17. The zero-order valence-corrected chi connectivity index (χ0v) is 14.3. The van der Waals surface area contributed by atoms with E-state index < -0.39 is 0 Å². The number of ketones is 1. The molecule has 0 unspecified atom stereocenters. The van der Waals surface area contributed by atoms with Gasteiger partial charge in [0, 0.05) is 23.3 Å². The molecule has 0 bridgehead atoms. The molecule has 0 saturated carbocycles. The first kappa shape index (κ1) is 16.0. The first-order valence-corrected chi connectivity index (χ1v) is 8.83. The number of alkyl halides is 1. The average molecular weight is 376 g/mol. The Hall–Kier alpha value is -1.88. The molecule has 0 saturated heterocycles. The number of H-pyrrole nitrogens is 1. The highest BCUT2D eigenvalue weighted by Crippen LogP contribution is 2.19. The number of carbonyl (C=O) groups is 1. The molecule has 0 fully saturated rings. The van der Waals surface area contributed by atoms with Crippen LogP contribution in [-0.2, 0) is 9.53 Å². The monoisotopic (exact) mass is 375 g/mol. The van der Waals surface area contributed by atoms with Crippen LogP contribution in [0.25, 0.3) is 11.3 Å². The van der Waals surface area contributed by atoms with Gasteiger partial charge < -0.3 is 9.72 Å². The van der Waals surface area contributed by atoms with Crippen molar-refractivity contribution in [2.45, 2.75) is 25.7 Å². The van der Waals surface area contributed by atoms with E-state index >= 15 is 0 Å². The first-order valence-electron chi connectivity index (χ1n) is 7.71. The Bertz CT molecular complexity index is 861. The number of fused-ring (bicyclic) bond motifs is 1. The largest absolute Gasteiger partial charge is 0.491 e. The van der Waals surface area contributed by atoms with Crippen molar-refractivity contribution in [1.29, 1.82) is 0 Å². The quantitative estimate of drug-likeness (QED) is 0.796. The molecule has 120 valence electrons. The van der Waals surface area contributed by atoms with Gasteiger partial charge in [0.1, 0.15) is 12.4 Å². The van der Waals surface area contributed by atoms with Gasteiger partial charge in [-0.1, -0.05) is 34.2 Å². The predicted molar refractivity (Wildman–Crippen MR) is 93.6 cm³/mol. The molecule has 2 aliphatic carbocycles. The molecule has 0 amide bonds. The number of aromatic amines is 1. The van der Waals surface area contributed by atoms with E-state index in [0.717, 1.165) is 29.4 Å². The lowest BCUT2D eigenvalue weighted by molar-refractivity contribution is -0.111. The normalized spacial score (nSPS) is 16.8. The van der Waals surface area contributed by atoms with E-state index in [1.807, 2.05) is 6.08 Å². The fourth-order valence-electron chi connectivity index (χ4n) is 2.91. The second kappa shape index (κ2) is 7.13. The molecule has 1 aromatic rings. The fourth-order valence-corrected chi connectivity index (χ4v) is 3.25. The molecule has 0 aliphatic heterocycles. The highest BCUT2D eigenvalue weighted by molar-refractivity contribution is 9.09. The third-order valence-electron chi connectivity index (χ3n) is 4.11. The Morgan fingerprint density at radius 1 is 1.26 bits per heavy atom. The van der Waals surface area contributed by atoms with Gasteiger partial charge in [-0.25, -0.2) is 0 Å². The van der Waals surface area contributed by atoms with Crippen molar-refractivity contribution in [3.8, 4) is 0 Å². The lowest BCUT2D eigenvalue weighted by Gasteiger charge is -2.18. The van der Waals surface area contributed by atoms with Gasteiger partial charge in [-0.05, 0) is 30.9 Å². The van der Waals surface area contributed by atoms with Gasteiger partial charge >= 0.3 is 0 Å². The number of hydrogen-bond acceptors (Lipinski definition) is 3. The average Bonchev–Trinajstić information content (AvgIpc) is 2.59. The number of hydrogen-bond donors (Lipinski definition) is 1. The summed E-state index contributed by atoms with van der Waals surface area (Å²) >= 11 is 3.22. The molecule has 2 aliphatic rings. The second-order valence-electron chi connectivity index (χ2n) is 5.65. The van der Waals surface area contributed by atoms with Crippen molar-refractivity contribution in [3.63, 3.8) is 0 Å². The van der Waals surface area contributed by atoms with E-state index in [1.165, 1.54) is 11.6 Å². The van der Waals surface area contributed by atoms with Crippen LogP contribution in [0.2, 0.25) is 0 Å². The summed E-state index contributed by atoms with van der Waals surface area (Å²) in [6.07, 6.45) is 9.56. The van der Waals surface area contributed by atoms with Crippen LogP contribution in [-0.4, -0.2) is 22.7 Å². The summed E-state index contributed by atoms with van der Waals surface area (Å²) in [5.74, 6) is 0.816. The standard InChI is InChI=1S/C18H18BrNO3/c19-10-15(21)13-6-8-16(18-14(13)7-9-17(22)20-18)23-11-12-4-2-1-3-5-12/h1-2,4,7,9H,3,5-6,8,10-11H2,(H,20,22). The smallest absolute Gasteiger partial charge is 0.248 e. The van der Waals surface area contributed by atoms with Gasteiger partial charge in [0.05, 0.1) is 10.7 Å². The van der Waals surface area contributed by atoms with Gasteiger partial charge in [0.25, 0.3) is 0 Å². The number of nitrogens with one attached hydrogen (secondary N) is 1. The molecule has 1 heterocycles. The highest BCUT2D eigenvalue weighted by Gasteiger charge is 2.18. The van der Waals surface area contributed by atoms with Crippen molar-refractivity contribution in [2.24, 2.45) is 0 Å². The van der Waals surface area contributed by atoms with Crippen LogP contribution in [0.3, 0.4) is 0 Å². The molecule has 0 aromatic carbocycles. The number of pyridine rings is 1. The minimum atomic E-state index is -0.183. The maximum absolute atomic E-state index is 12.1. The van der Waals surface area contributed by atoms with Crippen LogP contribution in [0.5, 0.6) is 0 Å². The summed E-state index contributed by atoms with van der Waals surface area (Å²) in [5.41, 5.74) is 1.81. The van der Waals surface area contributed by atoms with Crippen LogP contribution >= 0.6 is 15.9 Å². The van der Waals surface area contributed by atoms with E-state index in [-0.39, 0.29) is 16.7 Å². The van der Waals surface area contributed by atoms with Gasteiger partial charge in [0.2, 0.25) is 5.56 Å². The van der Waals surface area contributed by atoms with Crippen LogP contribution in [0.15, 0.2) is 40.7 Å². The number of carbonyl (C=O) groups excluding carboxylic acids is 1. The Morgan fingerprint density at radius 3 is 2.87 bits per heavy atom. The fraction of sp³-hybridized carbons (Fsp3) is 0.333. The molecule has 0 radical (unpaired) electrons. The SMILES string of the molecule is O=C(CBr)C1=c2ccc(=O)[nH]c2=C(OCC2=CC=CCC2)CC1. The molecule has 1 N–H and O–H groups in total. The third kappa shape index (κ3) is 3.55. The minimum Gasteiger partial charge on any atom is -0.491 e. The summed E-state index contributed by atoms with van der Waals surface area (Å²) < 4.78 is 5.97. The summed E-state index contributed by atoms with van der Waals surface area (Å²) in [4.78, 5) is 26.6. The molecule has 0 spiro atoms. The topological polar surface area (TPSA) is 59.2 Å². The number of ether oxygens (including phenoxy) is 1. The van der Waals surface area contributed by atoms with Crippen LogP contribution in [0, 0.1) is 0 Å². The lowest BCUT2D eigenvalue weighted by Crippen LogP contribution is -2.41. The molecule has 23 heavy (non-hydrogen) atoms. The lowest BCUT2D eigenvalue weighted by atomic mass is 9.98. The molecular formula is C18H18BrNO3. The Labute approximate surface area is 142 Å². The second-order valence-corrected chi connectivity index (χ2v) is 6.21. The van der Waals surface area contributed by atoms with Crippen LogP contribution < -0.4 is 16.1 Å². The van der Waals surface area contributed by atoms with Crippen LogP contribution in [0.1, 0.15) is 25.7 Å². The molecule has 1 aromatic heterocycles. The van der Waals surface area contributed by atoms with Gasteiger partial charge in [-0.15, -0.1) is 0 Å². The van der Waals surface area contributed by atoms with Crippen molar-refractivity contribution in [1.82, 2.24) is 4.98 Å². The van der Waals surface area contributed by atoms with Crippen molar-refractivity contribution in [3.05, 3.63) is 56.9 Å². The Balaban J connectivity index is 2.02. The highest BCUT2D eigenvalue weighted by atomic mass is 79.9. The van der Waals surface area contributed by atoms with Gasteiger partial charge in [-0.3, -0.25) is 9.59 Å². The number of allylic oxidation sites excluding steroid dienone is 3. The maximum Gasteiger partial charge on any atom is 0.248 e. The zero-order chi connectivity index (χ0) is 16.2. The van der Waals surface area contributed by atoms with Gasteiger partial charge in [0.15, 0.2) is 5.78 Å². The van der Waals surface area contributed by atoms with Crippen molar-refractivity contribution >= 4 is 33.0 Å². The van der Waals surface area contributed by atoms with E-state index in [1.54, 1.807) is 6.07 Å². The number of rotatable bonds is 5. The summed E-state index contributed by atoms with van der Waals surface area (Å²) in [5, 5.41) is 1.73. The summed E-state index contributed by atoms with van der Waals surface area (Å²) in [6.45, 7) is 0.526. The van der Waals surface area contributed by atoms with Crippen molar-refractivity contribution in [2.75, 3.05) is 11.9 Å². The van der Waals surface area contributed by atoms with Crippen LogP contribution in [0.4, 0.5) is 0 Å². The number of halogens is 1. The summed E-state index contributed by atoms with van der Waals surface area (Å²) in [7, 11) is 0. The molecule has 4 nitrogen and oxygen atoms in total.